The smallest absolute Gasteiger partial charge is 0.265 e. The minimum atomic E-state index is -4.06. The Balaban J connectivity index is 1.93. The molecule has 0 saturated heterocycles. The normalized spacial score (nSPS) is 13.0. The first-order valence-electron chi connectivity index (χ1n) is 9.27. The lowest BCUT2D eigenvalue weighted by Gasteiger charge is -2.26. The maximum absolute atomic E-state index is 13.6. The molecule has 0 aliphatic heterocycles. The van der Waals surface area contributed by atoms with E-state index in [1.807, 2.05) is 13.0 Å². The van der Waals surface area contributed by atoms with Gasteiger partial charge in [0.2, 0.25) is 0 Å². The molecule has 0 unspecified atom stereocenters. The van der Waals surface area contributed by atoms with Gasteiger partial charge in [-0.1, -0.05) is 48.5 Å². The molecule has 3 aromatic carbocycles. The summed E-state index contributed by atoms with van der Waals surface area (Å²) in [5, 5.41) is 0. The van der Waals surface area contributed by atoms with Gasteiger partial charge in [-0.05, 0) is 37.6 Å². The summed E-state index contributed by atoms with van der Waals surface area (Å²) in [5.74, 6) is -0.791. The number of ketones is 2. The van der Waals surface area contributed by atoms with Crippen LogP contribution in [-0.4, -0.2) is 26.5 Å². The number of sulfonamides is 1. The lowest BCUT2D eigenvalue weighted by atomic mass is 9.84. The maximum Gasteiger partial charge on any atom is 0.265 e. The van der Waals surface area contributed by atoms with Crippen LogP contribution < -0.4 is 4.31 Å². The summed E-state index contributed by atoms with van der Waals surface area (Å²) in [7, 11) is -4.06. The van der Waals surface area contributed by atoms with Gasteiger partial charge < -0.3 is 0 Å². The van der Waals surface area contributed by atoms with Crippen molar-refractivity contribution in [2.45, 2.75) is 18.7 Å². The first-order valence-corrected chi connectivity index (χ1v) is 10.7. The Hall–Kier alpha value is -3.25. The van der Waals surface area contributed by atoms with Crippen LogP contribution in [0.5, 0.6) is 0 Å². The molecule has 4 rings (SSSR count). The lowest BCUT2D eigenvalue weighted by Crippen LogP contribution is -2.33. The molecule has 0 fully saturated rings. The van der Waals surface area contributed by atoms with Crippen LogP contribution in [0.25, 0.3) is 0 Å². The van der Waals surface area contributed by atoms with Gasteiger partial charge in [0.25, 0.3) is 10.0 Å². The predicted molar refractivity (Wildman–Crippen MR) is 111 cm³/mol. The molecule has 6 heteroatoms. The monoisotopic (exact) mass is 405 g/mol. The van der Waals surface area contributed by atoms with Crippen molar-refractivity contribution in [1.29, 1.82) is 0 Å². The molecule has 0 N–H and O–H groups in total. The Bertz CT molecular complexity index is 1260. The van der Waals surface area contributed by atoms with Crippen LogP contribution in [0.2, 0.25) is 0 Å². The van der Waals surface area contributed by atoms with Crippen LogP contribution in [0, 0.1) is 6.92 Å². The number of anilines is 1. The van der Waals surface area contributed by atoms with E-state index in [2.05, 4.69) is 0 Å². The van der Waals surface area contributed by atoms with Crippen molar-refractivity contribution in [2.24, 2.45) is 0 Å². The van der Waals surface area contributed by atoms with Gasteiger partial charge >= 0.3 is 0 Å². The first-order chi connectivity index (χ1) is 13.9. The number of fused-ring (bicyclic) bond motifs is 2. The summed E-state index contributed by atoms with van der Waals surface area (Å²) in [6.07, 6.45) is 0. The summed E-state index contributed by atoms with van der Waals surface area (Å²) in [6, 6.07) is 18.1. The van der Waals surface area contributed by atoms with E-state index in [1.165, 1.54) is 22.5 Å². The third-order valence-electron chi connectivity index (χ3n) is 5.06. The Labute approximate surface area is 169 Å². The van der Waals surface area contributed by atoms with E-state index in [0.29, 0.717) is 11.3 Å². The third kappa shape index (κ3) is 2.96. The Kier molecular flexibility index (Phi) is 4.59. The van der Waals surface area contributed by atoms with Crippen molar-refractivity contribution in [3.8, 4) is 0 Å². The zero-order valence-electron chi connectivity index (χ0n) is 16.0. The maximum atomic E-state index is 13.6. The Morgan fingerprint density at radius 3 is 2.07 bits per heavy atom. The standard InChI is InChI=1S/C23H19NO4S/c1-3-24(16-9-6-8-15(2)14-16)29(27,28)20-13-7-12-19-21(20)23(26)18-11-5-4-10-17(18)22(19)25/h4-14H,3H2,1-2H3. The zero-order chi connectivity index (χ0) is 20.8. The van der Waals surface area contributed by atoms with Gasteiger partial charge in [0.15, 0.2) is 11.6 Å². The van der Waals surface area contributed by atoms with Gasteiger partial charge in [0, 0.05) is 23.2 Å². The summed E-state index contributed by atoms with van der Waals surface area (Å²) in [4.78, 5) is 26.0. The van der Waals surface area contributed by atoms with Crippen molar-refractivity contribution < 1.29 is 18.0 Å². The zero-order valence-corrected chi connectivity index (χ0v) is 16.9. The van der Waals surface area contributed by atoms with E-state index in [9.17, 15) is 18.0 Å². The molecule has 0 saturated carbocycles. The first kappa shape index (κ1) is 19.1. The fraction of sp³-hybridized carbons (Fsp3) is 0.130. The summed E-state index contributed by atoms with van der Waals surface area (Å²) in [5.41, 5.74) is 2.03. The fourth-order valence-corrected chi connectivity index (χ4v) is 5.40. The topological polar surface area (TPSA) is 71.5 Å². The quantitative estimate of drug-likeness (QED) is 0.515. The Morgan fingerprint density at radius 2 is 1.41 bits per heavy atom. The van der Waals surface area contributed by atoms with Gasteiger partial charge in [0.05, 0.1) is 16.1 Å². The molecule has 0 radical (unpaired) electrons. The molecule has 0 bridgehead atoms. The molecule has 0 aromatic heterocycles. The number of hydrogen-bond acceptors (Lipinski definition) is 4. The number of rotatable bonds is 4. The van der Waals surface area contributed by atoms with Crippen LogP contribution in [0.15, 0.2) is 71.6 Å². The van der Waals surface area contributed by atoms with Crippen molar-refractivity contribution in [1.82, 2.24) is 0 Å². The highest BCUT2D eigenvalue weighted by Crippen LogP contribution is 2.34. The van der Waals surface area contributed by atoms with Crippen molar-refractivity contribution in [3.05, 3.63) is 94.5 Å². The van der Waals surface area contributed by atoms with E-state index < -0.39 is 15.8 Å². The number of carbonyl (C=O) groups excluding carboxylic acids is 2. The molecule has 1 aliphatic rings. The molecule has 0 amide bonds. The van der Waals surface area contributed by atoms with Crippen LogP contribution in [0.3, 0.4) is 0 Å². The molecule has 0 atom stereocenters. The van der Waals surface area contributed by atoms with E-state index in [0.717, 1.165) is 5.56 Å². The SMILES string of the molecule is CCN(c1cccc(C)c1)S(=O)(=O)c1cccc2c1C(=O)c1ccccc1C2=O. The van der Waals surface area contributed by atoms with E-state index in [1.54, 1.807) is 49.4 Å². The largest absolute Gasteiger partial charge is 0.289 e. The molecule has 3 aromatic rings. The number of hydrogen-bond donors (Lipinski definition) is 0. The Morgan fingerprint density at radius 1 is 0.793 bits per heavy atom. The second kappa shape index (κ2) is 6.97. The van der Waals surface area contributed by atoms with Crippen LogP contribution in [0.1, 0.15) is 44.3 Å². The van der Waals surface area contributed by atoms with Gasteiger partial charge in [0.1, 0.15) is 0 Å². The second-order valence-electron chi connectivity index (χ2n) is 6.89. The van der Waals surface area contributed by atoms with Crippen molar-refractivity contribution in [2.75, 3.05) is 10.8 Å². The molecule has 0 heterocycles. The van der Waals surface area contributed by atoms with Crippen LogP contribution in [-0.2, 0) is 10.0 Å². The van der Waals surface area contributed by atoms with E-state index >= 15 is 0 Å². The fourth-order valence-electron chi connectivity index (χ4n) is 3.72. The highest BCUT2D eigenvalue weighted by Gasteiger charge is 2.36. The molecular formula is C23H19NO4S. The van der Waals surface area contributed by atoms with E-state index in [4.69, 9.17) is 0 Å². The molecule has 5 nitrogen and oxygen atoms in total. The number of aryl methyl sites for hydroxylation is 1. The minimum absolute atomic E-state index is 0.0534. The average Bonchev–Trinajstić information content (AvgIpc) is 2.72. The van der Waals surface area contributed by atoms with Crippen LogP contribution in [0.4, 0.5) is 5.69 Å². The minimum Gasteiger partial charge on any atom is -0.289 e. The van der Waals surface area contributed by atoms with Crippen LogP contribution >= 0.6 is 0 Å². The van der Waals surface area contributed by atoms with Gasteiger partial charge in [-0.3, -0.25) is 13.9 Å². The molecule has 1 aliphatic carbocycles. The molecular weight excluding hydrogens is 386 g/mol. The van der Waals surface area contributed by atoms with Gasteiger partial charge in [-0.25, -0.2) is 8.42 Å². The third-order valence-corrected chi connectivity index (χ3v) is 7.00. The number of nitrogens with zero attached hydrogens (tertiary/aromatic N) is 1. The highest BCUT2D eigenvalue weighted by molar-refractivity contribution is 7.93. The van der Waals surface area contributed by atoms with Crippen molar-refractivity contribution in [3.63, 3.8) is 0 Å². The number of carbonyl (C=O) groups is 2. The summed E-state index contributed by atoms with van der Waals surface area (Å²) < 4.78 is 28.4. The summed E-state index contributed by atoms with van der Waals surface area (Å²) >= 11 is 0. The molecule has 146 valence electrons. The lowest BCUT2D eigenvalue weighted by molar-refractivity contribution is 0.0976. The second-order valence-corrected chi connectivity index (χ2v) is 8.72. The highest BCUT2D eigenvalue weighted by atomic mass is 32.2. The van der Waals surface area contributed by atoms with E-state index in [-0.39, 0.29) is 33.9 Å². The van der Waals surface area contributed by atoms with Gasteiger partial charge in [-0.2, -0.15) is 0 Å². The average molecular weight is 405 g/mol. The van der Waals surface area contributed by atoms with Crippen molar-refractivity contribution >= 4 is 27.3 Å². The predicted octanol–water partition coefficient (Wildman–Crippen LogP) is 3.99. The molecule has 0 spiro atoms. The number of benzene rings is 3. The summed E-state index contributed by atoms with van der Waals surface area (Å²) in [6.45, 7) is 3.80. The van der Waals surface area contributed by atoms with Gasteiger partial charge in [-0.15, -0.1) is 0 Å². The molecule has 29 heavy (non-hydrogen) atoms.